The second-order valence-electron chi connectivity index (χ2n) is 3.22. The molecule has 0 saturated carbocycles. The lowest BCUT2D eigenvalue weighted by Crippen LogP contribution is -2.24. The molecule has 0 N–H and O–H groups in total. The number of Topliss-reactive ketones (excluding diaryl/α,β-unsaturated/α-hetero) is 1. The van der Waals surface area contributed by atoms with Gasteiger partial charge >= 0.3 is 0 Å². The summed E-state index contributed by atoms with van der Waals surface area (Å²) < 4.78 is 5.23. The van der Waals surface area contributed by atoms with Gasteiger partial charge in [0, 0.05) is 0 Å². The van der Waals surface area contributed by atoms with Crippen LogP contribution < -0.4 is 0 Å². The largest absolute Gasteiger partial charge is 0.490 e. The third kappa shape index (κ3) is 2.66. The van der Waals surface area contributed by atoms with E-state index in [1.165, 1.54) is 0 Å². The maximum absolute atomic E-state index is 11.4. The minimum absolute atomic E-state index is 0.0831. The molecule has 1 rings (SSSR count). The summed E-state index contributed by atoms with van der Waals surface area (Å²) in [6, 6.07) is 0. The molecule has 0 saturated heterocycles. The minimum Gasteiger partial charge on any atom is -0.490 e. The van der Waals surface area contributed by atoms with Gasteiger partial charge in [0.1, 0.15) is 0 Å². The zero-order valence-corrected chi connectivity index (χ0v) is 7.67. The Morgan fingerprint density at radius 1 is 1.67 bits per heavy atom. The van der Waals surface area contributed by atoms with Crippen molar-refractivity contribution < 1.29 is 9.53 Å². The van der Waals surface area contributed by atoms with Crippen molar-refractivity contribution >= 4 is 5.78 Å². The summed E-state index contributed by atoms with van der Waals surface area (Å²) in [5.41, 5.74) is 0. The van der Waals surface area contributed by atoms with Crippen molar-refractivity contribution in [2.75, 3.05) is 27.2 Å². The highest BCUT2D eigenvalue weighted by Gasteiger charge is 2.13. The van der Waals surface area contributed by atoms with E-state index in [9.17, 15) is 4.79 Å². The van der Waals surface area contributed by atoms with Gasteiger partial charge < -0.3 is 9.64 Å². The normalized spacial score (nSPS) is 17.1. The maximum atomic E-state index is 11.4. The fraction of sp³-hybridized carbons (Fsp3) is 0.667. The molecule has 1 heterocycles. The average Bonchev–Trinajstić information content (AvgIpc) is 2.05. The molecule has 0 aromatic carbocycles. The Bertz CT molecular complexity index is 197. The molecular weight excluding hydrogens is 154 g/mol. The van der Waals surface area contributed by atoms with Crippen LogP contribution in [-0.4, -0.2) is 37.9 Å². The van der Waals surface area contributed by atoms with E-state index in [1.54, 1.807) is 0 Å². The van der Waals surface area contributed by atoms with Crippen LogP contribution in [0.5, 0.6) is 0 Å². The van der Waals surface area contributed by atoms with E-state index in [1.807, 2.05) is 25.1 Å². The molecule has 0 atom stereocenters. The number of ether oxygens (including phenoxy) is 1. The van der Waals surface area contributed by atoms with Gasteiger partial charge in [0.25, 0.3) is 0 Å². The smallest absolute Gasteiger partial charge is 0.210 e. The second kappa shape index (κ2) is 4.26. The first-order valence-corrected chi connectivity index (χ1v) is 4.21. The maximum Gasteiger partial charge on any atom is 0.210 e. The molecule has 0 unspecified atom stereocenters. The van der Waals surface area contributed by atoms with Gasteiger partial charge in [-0.25, -0.2) is 0 Å². The number of rotatable bonds is 3. The predicted molar refractivity (Wildman–Crippen MR) is 46.8 cm³/mol. The molecule has 0 fully saturated rings. The molecule has 0 radical (unpaired) electrons. The molecule has 12 heavy (non-hydrogen) atoms. The number of carbonyl (C=O) groups excluding carboxylic acids is 1. The first kappa shape index (κ1) is 9.26. The first-order valence-electron chi connectivity index (χ1n) is 4.21. The Morgan fingerprint density at radius 3 is 2.92 bits per heavy atom. The van der Waals surface area contributed by atoms with E-state index >= 15 is 0 Å². The molecule has 0 aromatic heterocycles. The second-order valence-corrected chi connectivity index (χ2v) is 3.22. The lowest BCUT2D eigenvalue weighted by Gasteiger charge is -2.15. The van der Waals surface area contributed by atoms with Crippen LogP contribution in [0.3, 0.4) is 0 Å². The lowest BCUT2D eigenvalue weighted by molar-refractivity contribution is -0.119. The van der Waals surface area contributed by atoms with Crippen LogP contribution in [0.25, 0.3) is 0 Å². The monoisotopic (exact) mass is 169 g/mol. The van der Waals surface area contributed by atoms with Crippen molar-refractivity contribution in [3.05, 3.63) is 11.8 Å². The number of hydrogen-bond acceptors (Lipinski definition) is 3. The highest BCUT2D eigenvalue weighted by atomic mass is 16.5. The Labute approximate surface area is 73.0 Å². The zero-order chi connectivity index (χ0) is 8.97. The number of allylic oxidation sites excluding steroid dienone is 1. The molecule has 0 aliphatic carbocycles. The summed E-state index contributed by atoms with van der Waals surface area (Å²) in [7, 11) is 3.75. The highest BCUT2D eigenvalue weighted by molar-refractivity contribution is 5.95. The van der Waals surface area contributed by atoms with E-state index in [-0.39, 0.29) is 5.78 Å². The lowest BCUT2D eigenvalue weighted by atomic mass is 10.2. The molecule has 3 nitrogen and oxygen atoms in total. The third-order valence-electron chi connectivity index (χ3n) is 1.67. The van der Waals surface area contributed by atoms with Crippen molar-refractivity contribution in [1.29, 1.82) is 0 Å². The van der Waals surface area contributed by atoms with E-state index in [0.29, 0.717) is 18.9 Å². The number of hydrogen-bond donors (Lipinski definition) is 0. The summed E-state index contributed by atoms with van der Waals surface area (Å²) in [4.78, 5) is 13.2. The van der Waals surface area contributed by atoms with Crippen LogP contribution >= 0.6 is 0 Å². The molecular formula is C9H15NO2. The van der Waals surface area contributed by atoms with Crippen LogP contribution in [0.1, 0.15) is 12.8 Å². The summed E-state index contributed by atoms with van der Waals surface area (Å²) in [5.74, 6) is 0.634. The van der Waals surface area contributed by atoms with Gasteiger partial charge in [-0.05, 0) is 33.0 Å². The van der Waals surface area contributed by atoms with Crippen LogP contribution in [-0.2, 0) is 9.53 Å². The minimum atomic E-state index is 0.0831. The van der Waals surface area contributed by atoms with Gasteiger partial charge in [-0.1, -0.05) is 0 Å². The van der Waals surface area contributed by atoms with E-state index in [2.05, 4.69) is 0 Å². The Balaban J connectivity index is 2.45. The molecule has 1 aliphatic heterocycles. The fourth-order valence-electron chi connectivity index (χ4n) is 1.12. The highest BCUT2D eigenvalue weighted by Crippen LogP contribution is 2.10. The van der Waals surface area contributed by atoms with Gasteiger partial charge in [-0.3, -0.25) is 4.79 Å². The van der Waals surface area contributed by atoms with Crippen LogP contribution in [0.2, 0.25) is 0 Å². The van der Waals surface area contributed by atoms with Crippen LogP contribution in [0.4, 0.5) is 0 Å². The molecule has 0 spiro atoms. The van der Waals surface area contributed by atoms with Crippen molar-refractivity contribution in [2.24, 2.45) is 0 Å². The molecule has 1 aliphatic rings. The summed E-state index contributed by atoms with van der Waals surface area (Å²) in [6.45, 7) is 1.12. The molecule has 0 aromatic rings. The van der Waals surface area contributed by atoms with E-state index in [4.69, 9.17) is 4.74 Å². The van der Waals surface area contributed by atoms with Crippen LogP contribution in [0, 0.1) is 0 Å². The van der Waals surface area contributed by atoms with Gasteiger partial charge in [-0.2, -0.15) is 0 Å². The van der Waals surface area contributed by atoms with Gasteiger partial charge in [0.2, 0.25) is 5.78 Å². The first-order chi connectivity index (χ1) is 5.70. The van der Waals surface area contributed by atoms with E-state index < -0.39 is 0 Å². The molecule has 0 amide bonds. The Hall–Kier alpha value is -0.830. The summed E-state index contributed by atoms with van der Waals surface area (Å²) in [5, 5.41) is 0. The SMILES string of the molecule is CN(C)CC(=O)C1=CCCCO1. The van der Waals surface area contributed by atoms with Gasteiger partial charge in [0.15, 0.2) is 5.76 Å². The average molecular weight is 169 g/mol. The molecule has 3 heteroatoms. The van der Waals surface area contributed by atoms with Gasteiger partial charge in [-0.15, -0.1) is 0 Å². The van der Waals surface area contributed by atoms with Crippen molar-refractivity contribution in [2.45, 2.75) is 12.8 Å². The summed E-state index contributed by atoms with van der Waals surface area (Å²) in [6.07, 6.45) is 3.88. The molecule has 0 bridgehead atoms. The standard InChI is InChI=1S/C9H15NO2/c1-10(2)7-8(11)9-5-3-4-6-12-9/h5H,3-4,6-7H2,1-2H3. The van der Waals surface area contributed by atoms with Crippen molar-refractivity contribution in [1.82, 2.24) is 4.90 Å². The van der Waals surface area contributed by atoms with Crippen LogP contribution in [0.15, 0.2) is 11.8 Å². The quantitative estimate of drug-likeness (QED) is 0.626. The predicted octanol–water partition coefficient (Wildman–Crippen LogP) is 0.811. The van der Waals surface area contributed by atoms with Gasteiger partial charge in [0.05, 0.1) is 13.2 Å². The number of likely N-dealkylation sites (N-methyl/N-ethyl adjacent to an activating group) is 1. The summed E-state index contributed by atoms with van der Waals surface area (Å²) >= 11 is 0. The topological polar surface area (TPSA) is 29.5 Å². The number of nitrogens with zero attached hydrogens (tertiary/aromatic N) is 1. The van der Waals surface area contributed by atoms with Crippen molar-refractivity contribution in [3.63, 3.8) is 0 Å². The zero-order valence-electron chi connectivity index (χ0n) is 7.67. The number of ketones is 1. The number of carbonyl (C=O) groups is 1. The third-order valence-corrected chi connectivity index (χ3v) is 1.67. The van der Waals surface area contributed by atoms with E-state index in [0.717, 1.165) is 12.8 Å². The molecule has 68 valence electrons. The van der Waals surface area contributed by atoms with Crippen molar-refractivity contribution in [3.8, 4) is 0 Å². The Kier molecular flexibility index (Phi) is 3.29. The Morgan fingerprint density at radius 2 is 2.42 bits per heavy atom. The fourth-order valence-corrected chi connectivity index (χ4v) is 1.12.